The fourth-order valence-corrected chi connectivity index (χ4v) is 10.0. The van der Waals surface area contributed by atoms with E-state index in [0.717, 1.165) is 42.3 Å². The van der Waals surface area contributed by atoms with Crippen molar-refractivity contribution >= 4 is 40.3 Å². The fraction of sp³-hybridized carbons (Fsp3) is 0.500. The van der Waals surface area contributed by atoms with E-state index < -0.39 is 23.1 Å². The molecule has 3 saturated carbocycles. The number of hydrogen-bond donors (Lipinski definition) is 1. The fourth-order valence-electron chi connectivity index (χ4n) is 9.23. The van der Waals surface area contributed by atoms with Crippen molar-refractivity contribution in [3.05, 3.63) is 66.3 Å². The highest BCUT2D eigenvalue weighted by molar-refractivity contribution is 7.99. The summed E-state index contributed by atoms with van der Waals surface area (Å²) in [4.78, 5) is 49.3. The van der Waals surface area contributed by atoms with Crippen LogP contribution in [0.5, 0.6) is 0 Å². The number of allylic oxidation sites excluding steroid dienone is 1. The Bertz CT molecular complexity index is 1640. The second kappa shape index (κ2) is 10.4. The van der Waals surface area contributed by atoms with E-state index in [0.29, 0.717) is 24.3 Å². The van der Waals surface area contributed by atoms with Crippen molar-refractivity contribution in [3.63, 3.8) is 0 Å². The van der Waals surface area contributed by atoms with Gasteiger partial charge in [0.15, 0.2) is 17.2 Å². The van der Waals surface area contributed by atoms with E-state index in [4.69, 9.17) is 9.15 Å². The van der Waals surface area contributed by atoms with Crippen molar-refractivity contribution in [1.82, 2.24) is 9.97 Å². The van der Waals surface area contributed by atoms with Crippen LogP contribution in [0.3, 0.4) is 0 Å². The van der Waals surface area contributed by atoms with Gasteiger partial charge in [0.25, 0.3) is 0 Å². The maximum atomic E-state index is 14.5. The number of thioether (sulfide) groups is 1. The lowest BCUT2D eigenvalue weighted by Crippen LogP contribution is -2.63. The monoisotopic (exact) mass is 600 g/mol. The smallest absolute Gasteiger partial charge is 0.375 e. The minimum atomic E-state index is -1.43. The van der Waals surface area contributed by atoms with Crippen LogP contribution in [0.15, 0.2) is 70.0 Å². The molecule has 9 heteroatoms. The average Bonchev–Trinajstić information content (AvgIpc) is 3.63. The molecule has 224 valence electrons. The third-order valence-corrected chi connectivity index (χ3v) is 12.1. The minimum absolute atomic E-state index is 0.00685. The van der Waals surface area contributed by atoms with Crippen LogP contribution in [0.25, 0.3) is 11.0 Å². The van der Waals surface area contributed by atoms with Crippen LogP contribution >= 0.6 is 11.8 Å². The molecule has 3 fully saturated rings. The molecule has 43 heavy (non-hydrogen) atoms. The standard InChI is InChI=1S/C34H36N2O6S/c1-32-13-11-21(37)16-20(32)9-10-22-23-12-14-34(33(23,2)17-26(38)30(22)32,42-31(40)27-8-5-15-41-27)28(39)19-43-29-18-35-24-6-3-4-7-25(24)36-29/h3-8,15-16,18,22-23,26,30,38H,9-14,17,19H2,1-2H3/t22?,23?,26-,30?,32?,33?,34-/m0/s1. The molecule has 3 aromatic rings. The van der Waals surface area contributed by atoms with E-state index in [9.17, 15) is 19.5 Å². The first-order valence-corrected chi connectivity index (χ1v) is 16.2. The van der Waals surface area contributed by atoms with Gasteiger partial charge in [-0.05, 0) is 92.0 Å². The number of aliphatic hydroxyl groups is 1. The van der Waals surface area contributed by atoms with Gasteiger partial charge in [0.05, 0.1) is 35.4 Å². The number of esters is 1. The highest BCUT2D eigenvalue weighted by Gasteiger charge is 2.70. The Balaban J connectivity index is 1.22. The number of para-hydroxylation sites is 2. The SMILES string of the molecule is CC12CCC(=O)C=C1CCC1C2[C@@H](O)CC2(C)C1CC[C@]2(OC(=O)c1ccco1)C(=O)CSc1cnc2ccccc2n1. The van der Waals surface area contributed by atoms with E-state index in [-0.39, 0.29) is 46.2 Å². The largest absolute Gasteiger partial charge is 0.457 e. The van der Waals surface area contributed by atoms with E-state index in [2.05, 4.69) is 16.9 Å². The number of ketones is 2. The lowest BCUT2D eigenvalue weighted by atomic mass is 9.45. The molecule has 1 N–H and O–H groups in total. The normalized spacial score (nSPS) is 35.0. The second-order valence-electron chi connectivity index (χ2n) is 13.2. The molecule has 0 radical (unpaired) electrons. The molecule has 4 aliphatic carbocycles. The predicted molar refractivity (Wildman–Crippen MR) is 160 cm³/mol. The quantitative estimate of drug-likeness (QED) is 0.269. The molecule has 7 rings (SSSR count). The third kappa shape index (κ3) is 4.41. The predicted octanol–water partition coefficient (Wildman–Crippen LogP) is 5.98. The lowest BCUT2D eigenvalue weighted by molar-refractivity contribution is -0.180. The Labute approximate surface area is 254 Å². The summed E-state index contributed by atoms with van der Waals surface area (Å²) < 4.78 is 11.7. The summed E-state index contributed by atoms with van der Waals surface area (Å²) in [6.07, 6.45) is 8.53. The summed E-state index contributed by atoms with van der Waals surface area (Å²) >= 11 is 1.29. The number of ether oxygens (including phenoxy) is 1. The molecule has 0 spiro atoms. The molecule has 8 nitrogen and oxygen atoms in total. The summed E-state index contributed by atoms with van der Waals surface area (Å²) in [6, 6.07) is 10.7. The van der Waals surface area contributed by atoms with E-state index in [1.165, 1.54) is 18.0 Å². The van der Waals surface area contributed by atoms with E-state index in [1.807, 2.05) is 37.3 Å². The molecule has 2 heterocycles. The minimum Gasteiger partial charge on any atom is -0.457 e. The Kier molecular flexibility index (Phi) is 6.89. The van der Waals surface area contributed by atoms with E-state index >= 15 is 0 Å². The van der Waals surface area contributed by atoms with Crippen LogP contribution in [-0.4, -0.2) is 50.1 Å². The first-order valence-electron chi connectivity index (χ1n) is 15.2. The van der Waals surface area contributed by atoms with Gasteiger partial charge in [-0.15, -0.1) is 0 Å². The van der Waals surface area contributed by atoms with Crippen molar-refractivity contribution in [3.8, 4) is 0 Å². The second-order valence-corrected chi connectivity index (χ2v) is 14.2. The molecule has 0 aliphatic heterocycles. The number of hydrogen-bond acceptors (Lipinski definition) is 9. The van der Waals surface area contributed by atoms with Gasteiger partial charge < -0.3 is 14.3 Å². The van der Waals surface area contributed by atoms with E-state index in [1.54, 1.807) is 18.3 Å². The number of benzene rings is 1. The molecular formula is C34H36N2O6S. The topological polar surface area (TPSA) is 120 Å². The Hall–Kier alpha value is -3.30. The number of aromatic nitrogens is 2. The number of Topliss-reactive ketones (excluding diaryl/α,β-unsaturated/α-hetero) is 1. The highest BCUT2D eigenvalue weighted by atomic mass is 32.2. The maximum Gasteiger partial charge on any atom is 0.375 e. The van der Waals surface area contributed by atoms with Gasteiger partial charge in [0.2, 0.25) is 5.76 Å². The van der Waals surface area contributed by atoms with Crippen molar-refractivity contribution in [1.29, 1.82) is 0 Å². The van der Waals surface area contributed by atoms with Crippen molar-refractivity contribution in [2.75, 3.05) is 5.75 Å². The molecule has 7 atom stereocenters. The number of nitrogens with zero attached hydrogens (tertiary/aromatic N) is 2. The third-order valence-electron chi connectivity index (χ3n) is 11.2. The number of aliphatic hydroxyl groups excluding tert-OH is 1. The molecule has 4 aliphatic rings. The molecule has 2 aromatic heterocycles. The molecule has 0 amide bonds. The molecule has 0 bridgehead atoms. The summed E-state index contributed by atoms with van der Waals surface area (Å²) in [5.74, 6) is -0.355. The molecule has 1 aromatic carbocycles. The van der Waals surface area contributed by atoms with Crippen molar-refractivity contribution in [2.45, 2.75) is 75.5 Å². The number of rotatable bonds is 6. The van der Waals surface area contributed by atoms with Crippen molar-refractivity contribution in [2.24, 2.45) is 28.6 Å². The van der Waals surface area contributed by atoms with Crippen LogP contribution in [0.1, 0.15) is 69.3 Å². The summed E-state index contributed by atoms with van der Waals surface area (Å²) in [5.41, 5.74) is 0.236. The van der Waals surface area contributed by atoms with Crippen LogP contribution in [0, 0.1) is 28.6 Å². The van der Waals surface area contributed by atoms with Crippen LogP contribution < -0.4 is 0 Å². The summed E-state index contributed by atoms with van der Waals surface area (Å²) in [5, 5.41) is 12.5. The highest BCUT2D eigenvalue weighted by Crippen LogP contribution is 2.68. The number of carbonyl (C=O) groups is 3. The molecule has 0 saturated heterocycles. The first kappa shape index (κ1) is 28.5. The summed E-state index contributed by atoms with van der Waals surface area (Å²) in [6.45, 7) is 4.25. The van der Waals surface area contributed by atoms with Gasteiger partial charge in [0, 0.05) is 11.8 Å². The number of furan rings is 1. The maximum absolute atomic E-state index is 14.5. The zero-order valence-corrected chi connectivity index (χ0v) is 25.3. The Morgan fingerprint density at radius 2 is 1.91 bits per heavy atom. The lowest BCUT2D eigenvalue weighted by Gasteiger charge is -2.60. The van der Waals surface area contributed by atoms with Gasteiger partial charge in [-0.2, -0.15) is 0 Å². The molecular weight excluding hydrogens is 564 g/mol. The van der Waals surface area contributed by atoms with Crippen LogP contribution in [0.4, 0.5) is 0 Å². The zero-order chi connectivity index (χ0) is 30.0. The van der Waals surface area contributed by atoms with Gasteiger partial charge in [-0.1, -0.05) is 43.3 Å². The number of fused-ring (bicyclic) bond motifs is 6. The van der Waals surface area contributed by atoms with Gasteiger partial charge in [0.1, 0.15) is 5.03 Å². The Morgan fingerprint density at radius 3 is 2.70 bits per heavy atom. The van der Waals surface area contributed by atoms with Gasteiger partial charge in [-0.3, -0.25) is 14.6 Å². The van der Waals surface area contributed by atoms with Gasteiger partial charge in [-0.25, -0.2) is 9.78 Å². The average molecular weight is 601 g/mol. The Morgan fingerprint density at radius 1 is 1.09 bits per heavy atom. The number of carbonyl (C=O) groups excluding carboxylic acids is 3. The summed E-state index contributed by atoms with van der Waals surface area (Å²) in [7, 11) is 0. The molecule has 5 unspecified atom stereocenters. The van der Waals surface area contributed by atoms with Crippen LogP contribution in [0.2, 0.25) is 0 Å². The van der Waals surface area contributed by atoms with Crippen LogP contribution in [-0.2, 0) is 14.3 Å². The zero-order valence-electron chi connectivity index (χ0n) is 24.5. The van der Waals surface area contributed by atoms with Gasteiger partial charge >= 0.3 is 5.97 Å². The first-order chi connectivity index (χ1) is 20.6. The van der Waals surface area contributed by atoms with Crippen molar-refractivity contribution < 1.29 is 28.6 Å².